The molecule has 0 spiro atoms. The molecule has 2 aliphatic rings. The monoisotopic (exact) mass is 648 g/mol. The molecule has 0 saturated heterocycles. The molecule has 13 heteroatoms. The molecule has 3 N–H and O–H groups in total. The van der Waals surface area contributed by atoms with Crippen LogP contribution in [0.5, 0.6) is 0 Å². The van der Waals surface area contributed by atoms with Gasteiger partial charge in [0.2, 0.25) is 11.7 Å². The molecule has 5 aromatic rings. The summed E-state index contributed by atoms with van der Waals surface area (Å²) >= 11 is 0. The number of carbonyl (C=O) groups is 2. The molecule has 0 radical (unpaired) electrons. The van der Waals surface area contributed by atoms with Gasteiger partial charge in [-0.25, -0.2) is 13.8 Å². The van der Waals surface area contributed by atoms with Gasteiger partial charge in [-0.2, -0.15) is 13.2 Å². The van der Waals surface area contributed by atoms with Crippen molar-refractivity contribution in [1.82, 2.24) is 19.7 Å². The summed E-state index contributed by atoms with van der Waals surface area (Å²) in [7, 11) is 1.69. The van der Waals surface area contributed by atoms with Crippen LogP contribution < -0.4 is 15.5 Å². The third kappa shape index (κ3) is 5.43. The summed E-state index contributed by atoms with van der Waals surface area (Å²) in [6.45, 7) is 2.78. The van der Waals surface area contributed by atoms with E-state index < -0.39 is 40.8 Å². The second-order valence-corrected chi connectivity index (χ2v) is 12.3. The van der Waals surface area contributed by atoms with Gasteiger partial charge in [0.25, 0.3) is 0 Å². The number of rotatable bonds is 7. The van der Waals surface area contributed by atoms with Gasteiger partial charge in [-0.15, -0.1) is 0 Å². The SMILES string of the molecule is CN1CCc2cc(C(=O)c3cc(F)c(NC(=O)/C=C/CNC4(C)CC4)c(F)c3)n3cccc(c23)-c2c(C(F)(F)F)cc3[nH]cnc3c21. The number of alkyl halides is 3. The largest absolute Gasteiger partial charge is 0.417 e. The zero-order valence-corrected chi connectivity index (χ0v) is 25.4. The van der Waals surface area contributed by atoms with Crippen LogP contribution in [0.2, 0.25) is 0 Å². The number of benzene rings is 2. The Morgan fingerprint density at radius 1 is 1.13 bits per heavy atom. The van der Waals surface area contributed by atoms with Crippen LogP contribution in [0.4, 0.5) is 33.3 Å². The van der Waals surface area contributed by atoms with Crippen LogP contribution in [-0.4, -0.2) is 51.7 Å². The molecule has 1 saturated carbocycles. The molecule has 1 amide bonds. The van der Waals surface area contributed by atoms with E-state index in [0.717, 1.165) is 31.0 Å². The molecule has 4 heterocycles. The highest BCUT2D eigenvalue weighted by atomic mass is 19.4. The minimum atomic E-state index is -4.71. The fourth-order valence-corrected chi connectivity index (χ4v) is 6.21. The number of amides is 1. The molecule has 1 fully saturated rings. The highest BCUT2D eigenvalue weighted by Crippen LogP contribution is 2.48. The van der Waals surface area contributed by atoms with Gasteiger partial charge in [0, 0.05) is 54.6 Å². The Hall–Kier alpha value is -5.04. The number of aromatic amines is 1. The van der Waals surface area contributed by atoms with E-state index in [1.165, 1.54) is 29.1 Å². The number of hydrogen-bond donors (Lipinski definition) is 3. The maximum absolute atomic E-state index is 15.2. The lowest BCUT2D eigenvalue weighted by atomic mass is 9.92. The number of H-pyrrole nitrogens is 1. The second-order valence-electron chi connectivity index (χ2n) is 12.3. The number of pyridine rings is 1. The van der Waals surface area contributed by atoms with Crippen LogP contribution in [0.3, 0.4) is 0 Å². The Morgan fingerprint density at radius 2 is 1.87 bits per heavy atom. The summed E-state index contributed by atoms with van der Waals surface area (Å²) in [6, 6.07) is 7.33. The van der Waals surface area contributed by atoms with Gasteiger partial charge < -0.3 is 24.9 Å². The summed E-state index contributed by atoms with van der Waals surface area (Å²) in [5.74, 6) is -3.77. The van der Waals surface area contributed by atoms with E-state index in [2.05, 4.69) is 27.5 Å². The number of likely N-dealkylation sites (N-methyl/N-ethyl adjacent to an activating group) is 1. The summed E-state index contributed by atoms with van der Waals surface area (Å²) < 4.78 is 75.5. The predicted octanol–water partition coefficient (Wildman–Crippen LogP) is 6.64. The maximum Gasteiger partial charge on any atom is 0.417 e. The number of halogens is 5. The number of anilines is 2. The van der Waals surface area contributed by atoms with Crippen molar-refractivity contribution in [3.8, 4) is 11.1 Å². The Morgan fingerprint density at radius 3 is 2.57 bits per heavy atom. The van der Waals surface area contributed by atoms with Gasteiger partial charge in [0.15, 0.2) is 0 Å². The van der Waals surface area contributed by atoms with Crippen molar-refractivity contribution in [3.63, 3.8) is 0 Å². The van der Waals surface area contributed by atoms with Gasteiger partial charge in [-0.05, 0) is 62.1 Å². The quantitative estimate of drug-likeness (QED) is 0.105. The molecular weight excluding hydrogens is 619 g/mol. The zero-order valence-electron chi connectivity index (χ0n) is 25.4. The molecule has 8 nitrogen and oxygen atoms in total. The van der Waals surface area contributed by atoms with E-state index in [0.29, 0.717) is 41.8 Å². The van der Waals surface area contributed by atoms with Crippen LogP contribution in [0.25, 0.3) is 27.7 Å². The first-order valence-corrected chi connectivity index (χ1v) is 15.0. The Bertz CT molecular complexity index is 2100. The summed E-state index contributed by atoms with van der Waals surface area (Å²) in [5.41, 5.74) is 0.249. The highest BCUT2D eigenvalue weighted by molar-refractivity contribution is 6.11. The van der Waals surface area contributed by atoms with Crippen molar-refractivity contribution in [2.24, 2.45) is 0 Å². The van der Waals surface area contributed by atoms with E-state index in [4.69, 9.17) is 0 Å². The second kappa shape index (κ2) is 11.0. The smallest absolute Gasteiger partial charge is 0.372 e. The van der Waals surface area contributed by atoms with Gasteiger partial charge in [-0.3, -0.25) is 9.59 Å². The van der Waals surface area contributed by atoms with Gasteiger partial charge >= 0.3 is 6.18 Å². The lowest BCUT2D eigenvalue weighted by molar-refractivity contribution is -0.137. The van der Waals surface area contributed by atoms with Crippen molar-refractivity contribution in [3.05, 3.63) is 95.1 Å². The Kier molecular flexibility index (Phi) is 7.19. The van der Waals surface area contributed by atoms with Crippen LogP contribution in [0, 0.1) is 11.6 Å². The van der Waals surface area contributed by atoms with E-state index in [-0.39, 0.29) is 33.4 Å². The number of imidazole rings is 1. The molecule has 1 aliphatic heterocycles. The first-order valence-electron chi connectivity index (χ1n) is 15.0. The average molecular weight is 649 g/mol. The third-order valence-electron chi connectivity index (χ3n) is 8.93. The molecule has 7 rings (SSSR count). The summed E-state index contributed by atoms with van der Waals surface area (Å²) in [6.07, 6.45) is 3.33. The summed E-state index contributed by atoms with van der Waals surface area (Å²) in [5, 5.41) is 5.44. The zero-order chi connectivity index (χ0) is 33.2. The van der Waals surface area contributed by atoms with E-state index in [9.17, 15) is 22.8 Å². The molecule has 1 aliphatic carbocycles. The standard InChI is InChI=1S/C34H29F5N6O2/c1-33(8-9-33)42-10-3-6-26(46)43-28-22(35)13-19(14-23(28)36)32(47)25-15-18-7-12-44(2)31-27(20-5-4-11-45(25)30(18)20)21(34(37,38)39)16-24-29(31)41-17-40-24/h3-6,11,13-17,42H,7-10,12H2,1-2H3,(H,40,41)(H,43,46)/b6-3+. The van der Waals surface area contributed by atoms with Crippen molar-refractivity contribution >= 4 is 39.6 Å². The van der Waals surface area contributed by atoms with Gasteiger partial charge in [0.05, 0.1) is 34.3 Å². The molecule has 3 aromatic heterocycles. The molecule has 2 aromatic carbocycles. The molecule has 0 bridgehead atoms. The molecule has 0 unspecified atom stereocenters. The normalized spacial score (nSPS) is 15.6. The minimum absolute atomic E-state index is 0.0211. The van der Waals surface area contributed by atoms with E-state index >= 15 is 8.78 Å². The van der Waals surface area contributed by atoms with Crippen LogP contribution in [-0.2, 0) is 17.4 Å². The third-order valence-corrected chi connectivity index (χ3v) is 8.93. The lowest BCUT2D eigenvalue weighted by Gasteiger charge is -2.28. The van der Waals surface area contributed by atoms with Crippen molar-refractivity contribution < 1.29 is 31.5 Å². The minimum Gasteiger partial charge on any atom is -0.372 e. The number of ketones is 1. The maximum atomic E-state index is 15.2. The van der Waals surface area contributed by atoms with Gasteiger partial charge in [-0.1, -0.05) is 12.1 Å². The van der Waals surface area contributed by atoms with E-state index in [1.807, 2.05) is 0 Å². The number of hydrogen-bond acceptors (Lipinski definition) is 5. The van der Waals surface area contributed by atoms with Crippen molar-refractivity contribution in [1.29, 1.82) is 0 Å². The topological polar surface area (TPSA) is 94.5 Å². The number of carbonyl (C=O) groups excluding carboxylic acids is 2. The van der Waals surface area contributed by atoms with Crippen molar-refractivity contribution in [2.45, 2.75) is 37.9 Å². The van der Waals surface area contributed by atoms with E-state index in [1.54, 1.807) is 30.2 Å². The number of nitrogens with one attached hydrogen (secondary N) is 3. The average Bonchev–Trinajstić information content (AvgIpc) is 3.40. The fourth-order valence-electron chi connectivity index (χ4n) is 6.21. The van der Waals surface area contributed by atoms with Crippen LogP contribution in [0.15, 0.2) is 61.1 Å². The highest BCUT2D eigenvalue weighted by Gasteiger charge is 2.39. The first kappa shape index (κ1) is 30.6. The number of aromatic nitrogens is 3. The fraction of sp³-hybridized carbons (Fsp3) is 0.265. The lowest BCUT2D eigenvalue weighted by Crippen LogP contribution is -2.27. The first-order chi connectivity index (χ1) is 22.3. The molecule has 47 heavy (non-hydrogen) atoms. The van der Waals surface area contributed by atoms with Gasteiger partial charge in [0.1, 0.15) is 22.8 Å². The van der Waals surface area contributed by atoms with Crippen molar-refractivity contribution in [2.75, 3.05) is 30.4 Å². The predicted molar refractivity (Wildman–Crippen MR) is 168 cm³/mol. The van der Waals surface area contributed by atoms with Crippen LogP contribution in [0.1, 0.15) is 46.9 Å². The molecular formula is C34H29F5N6O2. The molecule has 0 atom stereocenters. The molecule has 242 valence electrons. The Labute approximate surface area is 265 Å². The number of fused-ring (bicyclic) bond motifs is 4. The number of nitrogens with zero attached hydrogens (tertiary/aromatic N) is 3. The van der Waals surface area contributed by atoms with Crippen LogP contribution >= 0.6 is 0 Å². The Balaban J connectivity index is 1.27. The summed E-state index contributed by atoms with van der Waals surface area (Å²) in [4.78, 5) is 34.9.